The number of nitrogens with two attached hydrogens (primary N) is 1. The van der Waals surface area contributed by atoms with E-state index in [9.17, 15) is 9.90 Å². The molecule has 0 bridgehead atoms. The Morgan fingerprint density at radius 1 is 1.60 bits per heavy atom. The predicted molar refractivity (Wildman–Crippen MR) is 77.4 cm³/mol. The number of aromatic nitrogens is 1. The fourth-order valence-electron chi connectivity index (χ4n) is 2.59. The van der Waals surface area contributed by atoms with Crippen molar-refractivity contribution >= 4 is 23.3 Å². The topological polar surface area (TPSA) is 91.5 Å². The number of carbonyl (C=O) groups is 1. The van der Waals surface area contributed by atoms with Crippen molar-refractivity contribution in [3.05, 3.63) is 22.8 Å². The van der Waals surface area contributed by atoms with Crippen LogP contribution in [0.5, 0.6) is 0 Å². The molecule has 0 radical (unpaired) electrons. The van der Waals surface area contributed by atoms with Crippen LogP contribution < -0.4 is 11.3 Å². The molecule has 1 aromatic rings. The summed E-state index contributed by atoms with van der Waals surface area (Å²) in [6, 6.07) is 1.52. The lowest BCUT2D eigenvalue weighted by molar-refractivity contribution is 0.0156. The Balaban J connectivity index is 2.08. The number of nitrogens with one attached hydrogen (secondary N) is 1. The van der Waals surface area contributed by atoms with Gasteiger partial charge >= 0.3 is 0 Å². The van der Waals surface area contributed by atoms with E-state index in [-0.39, 0.29) is 10.9 Å². The third-order valence-corrected chi connectivity index (χ3v) is 3.93. The Labute approximate surface area is 122 Å². The van der Waals surface area contributed by atoms with Crippen molar-refractivity contribution in [2.75, 3.05) is 19.0 Å². The molecule has 0 aliphatic heterocycles. The molecule has 0 aromatic carbocycles. The van der Waals surface area contributed by atoms with Crippen LogP contribution in [0.15, 0.2) is 12.3 Å². The monoisotopic (exact) mass is 298 g/mol. The largest absolute Gasteiger partial charge is 0.388 e. The van der Waals surface area contributed by atoms with E-state index in [1.54, 1.807) is 7.05 Å². The first-order valence-corrected chi connectivity index (χ1v) is 6.93. The Morgan fingerprint density at radius 2 is 2.25 bits per heavy atom. The average Bonchev–Trinajstić information content (AvgIpc) is 2.84. The zero-order valence-corrected chi connectivity index (χ0v) is 12.2. The second-order valence-electron chi connectivity index (χ2n) is 5.29. The van der Waals surface area contributed by atoms with Crippen LogP contribution >= 0.6 is 11.6 Å². The van der Waals surface area contributed by atoms with Gasteiger partial charge < -0.3 is 15.4 Å². The molecule has 0 atom stereocenters. The molecule has 1 amide bonds. The molecule has 1 heterocycles. The summed E-state index contributed by atoms with van der Waals surface area (Å²) in [4.78, 5) is 17.8. The van der Waals surface area contributed by atoms with Gasteiger partial charge in [-0.2, -0.15) is 0 Å². The summed E-state index contributed by atoms with van der Waals surface area (Å²) < 4.78 is 0. The van der Waals surface area contributed by atoms with Crippen LogP contribution in [-0.4, -0.2) is 40.1 Å². The highest BCUT2D eigenvalue weighted by molar-refractivity contribution is 6.33. The van der Waals surface area contributed by atoms with Crippen molar-refractivity contribution < 1.29 is 9.90 Å². The summed E-state index contributed by atoms with van der Waals surface area (Å²) in [5.74, 6) is 5.34. The van der Waals surface area contributed by atoms with E-state index < -0.39 is 5.60 Å². The van der Waals surface area contributed by atoms with Crippen LogP contribution in [0.4, 0.5) is 5.82 Å². The number of hydrogen-bond donors (Lipinski definition) is 3. The number of nitrogens with zero attached hydrogens (tertiary/aromatic N) is 2. The fraction of sp³-hybridized carbons (Fsp3) is 0.538. The molecular formula is C13H19ClN4O2. The van der Waals surface area contributed by atoms with Gasteiger partial charge in [0.15, 0.2) is 5.82 Å². The van der Waals surface area contributed by atoms with Crippen molar-refractivity contribution in [2.45, 2.75) is 31.3 Å². The number of aliphatic hydroxyl groups is 1. The van der Waals surface area contributed by atoms with Gasteiger partial charge in [0.05, 0.1) is 16.2 Å². The van der Waals surface area contributed by atoms with Crippen LogP contribution in [0.25, 0.3) is 0 Å². The number of rotatable bonds is 4. The van der Waals surface area contributed by atoms with Crippen LogP contribution in [0.1, 0.15) is 36.0 Å². The smallest absolute Gasteiger partial charge is 0.255 e. The minimum Gasteiger partial charge on any atom is -0.388 e. The number of halogens is 1. The maximum Gasteiger partial charge on any atom is 0.255 e. The van der Waals surface area contributed by atoms with E-state index in [0.29, 0.717) is 17.9 Å². The van der Waals surface area contributed by atoms with E-state index in [4.69, 9.17) is 17.4 Å². The first-order chi connectivity index (χ1) is 9.45. The van der Waals surface area contributed by atoms with Gasteiger partial charge in [0.2, 0.25) is 0 Å². The second kappa shape index (κ2) is 5.95. The lowest BCUT2D eigenvalue weighted by atomic mass is 10.0. The fourth-order valence-corrected chi connectivity index (χ4v) is 2.81. The first kappa shape index (κ1) is 15.0. The minimum absolute atomic E-state index is 0.219. The van der Waals surface area contributed by atoms with E-state index in [2.05, 4.69) is 10.4 Å². The summed E-state index contributed by atoms with van der Waals surface area (Å²) in [6.45, 7) is 0.320. The minimum atomic E-state index is -0.764. The molecule has 1 aliphatic carbocycles. The SMILES string of the molecule is CN(CC1(O)CCCC1)C(=O)c1cnc(NN)c(Cl)c1. The Hall–Kier alpha value is -1.37. The van der Waals surface area contributed by atoms with Gasteiger partial charge in [-0.05, 0) is 18.9 Å². The molecular weight excluding hydrogens is 280 g/mol. The van der Waals surface area contributed by atoms with Crippen LogP contribution in [0.3, 0.4) is 0 Å². The van der Waals surface area contributed by atoms with Crippen molar-refractivity contribution in [1.82, 2.24) is 9.88 Å². The molecule has 0 unspecified atom stereocenters. The third-order valence-electron chi connectivity index (χ3n) is 3.64. The Bertz CT molecular complexity index is 503. The van der Waals surface area contributed by atoms with Crippen LogP contribution in [-0.2, 0) is 0 Å². The van der Waals surface area contributed by atoms with Gasteiger partial charge in [0, 0.05) is 19.8 Å². The Morgan fingerprint density at radius 3 is 2.80 bits per heavy atom. The maximum atomic E-state index is 12.3. The number of hydrazine groups is 1. The zero-order valence-electron chi connectivity index (χ0n) is 11.4. The molecule has 1 aromatic heterocycles. The number of hydrogen-bond acceptors (Lipinski definition) is 5. The first-order valence-electron chi connectivity index (χ1n) is 6.55. The summed E-state index contributed by atoms with van der Waals surface area (Å²) in [7, 11) is 1.67. The Kier molecular flexibility index (Phi) is 4.47. The summed E-state index contributed by atoms with van der Waals surface area (Å²) in [5, 5.41) is 10.6. The molecule has 6 nitrogen and oxygen atoms in total. The van der Waals surface area contributed by atoms with Gasteiger partial charge in [-0.1, -0.05) is 24.4 Å². The van der Waals surface area contributed by atoms with Crippen molar-refractivity contribution in [2.24, 2.45) is 5.84 Å². The lowest BCUT2D eigenvalue weighted by Gasteiger charge is -2.28. The van der Waals surface area contributed by atoms with Gasteiger partial charge in [0.1, 0.15) is 0 Å². The molecule has 1 aliphatic rings. The van der Waals surface area contributed by atoms with Gasteiger partial charge in [-0.3, -0.25) is 4.79 Å². The standard InChI is InChI=1S/C13H19ClN4O2/c1-18(8-13(20)4-2-3-5-13)12(19)9-6-10(14)11(17-15)16-7-9/h6-7,20H,2-5,8,15H2,1H3,(H,16,17). The predicted octanol–water partition coefficient (Wildman–Crippen LogP) is 1.40. The quantitative estimate of drug-likeness (QED) is 0.577. The average molecular weight is 299 g/mol. The van der Waals surface area contributed by atoms with Gasteiger partial charge in [-0.15, -0.1) is 0 Å². The highest BCUT2D eigenvalue weighted by atomic mass is 35.5. The summed E-state index contributed by atoms with van der Waals surface area (Å²) in [6.07, 6.45) is 4.89. The van der Waals surface area contributed by atoms with Crippen molar-refractivity contribution in [1.29, 1.82) is 0 Å². The number of pyridine rings is 1. The molecule has 0 spiro atoms. The third kappa shape index (κ3) is 3.20. The highest BCUT2D eigenvalue weighted by Crippen LogP contribution is 2.30. The number of likely N-dealkylation sites (N-methyl/N-ethyl adjacent to an activating group) is 1. The molecule has 1 fully saturated rings. The molecule has 110 valence electrons. The number of amides is 1. The molecule has 0 saturated heterocycles. The molecule has 7 heteroatoms. The molecule has 20 heavy (non-hydrogen) atoms. The highest BCUT2D eigenvalue weighted by Gasteiger charge is 2.33. The molecule has 1 saturated carbocycles. The number of carbonyl (C=O) groups excluding carboxylic acids is 1. The van der Waals surface area contributed by atoms with E-state index in [1.165, 1.54) is 17.2 Å². The van der Waals surface area contributed by atoms with Crippen molar-refractivity contribution in [3.8, 4) is 0 Å². The lowest BCUT2D eigenvalue weighted by Crippen LogP contribution is -2.42. The van der Waals surface area contributed by atoms with Crippen LogP contribution in [0.2, 0.25) is 5.02 Å². The van der Waals surface area contributed by atoms with Gasteiger partial charge in [0.25, 0.3) is 5.91 Å². The maximum absolute atomic E-state index is 12.3. The number of anilines is 1. The normalized spacial score (nSPS) is 17.0. The summed E-state index contributed by atoms with van der Waals surface area (Å²) in [5.41, 5.74) is 1.96. The van der Waals surface area contributed by atoms with Crippen LogP contribution in [0, 0.1) is 0 Å². The molecule has 4 N–H and O–H groups in total. The number of nitrogen functional groups attached to an aromatic ring is 1. The second-order valence-corrected chi connectivity index (χ2v) is 5.70. The van der Waals surface area contributed by atoms with Crippen molar-refractivity contribution in [3.63, 3.8) is 0 Å². The van der Waals surface area contributed by atoms with E-state index >= 15 is 0 Å². The van der Waals surface area contributed by atoms with E-state index in [1.807, 2.05) is 0 Å². The zero-order chi connectivity index (χ0) is 14.8. The molecule has 2 rings (SSSR count). The van der Waals surface area contributed by atoms with E-state index in [0.717, 1.165) is 25.7 Å². The summed E-state index contributed by atoms with van der Waals surface area (Å²) >= 11 is 5.95. The van der Waals surface area contributed by atoms with Gasteiger partial charge in [-0.25, -0.2) is 10.8 Å².